The van der Waals surface area contributed by atoms with Crippen LogP contribution in [0.15, 0.2) is 12.7 Å². The number of carbonyl (C=O) groups is 1. The van der Waals surface area contributed by atoms with Crippen molar-refractivity contribution in [1.29, 1.82) is 0 Å². The van der Waals surface area contributed by atoms with E-state index in [-0.39, 0.29) is 18.5 Å². The highest BCUT2D eigenvalue weighted by Gasteiger charge is 2.21. The Balaban J connectivity index is 3.83. The van der Waals surface area contributed by atoms with Crippen molar-refractivity contribution in [2.24, 2.45) is 5.73 Å². The summed E-state index contributed by atoms with van der Waals surface area (Å²) >= 11 is 1.58. The molecule has 0 saturated heterocycles. The molecule has 0 saturated carbocycles. The Morgan fingerprint density at radius 1 is 1.79 bits per heavy atom. The molecule has 6 heteroatoms. The molecule has 0 aliphatic rings. The molecule has 0 amide bonds. The molecule has 1 atom stereocenters. The lowest BCUT2D eigenvalue weighted by Crippen LogP contribution is -2.23. The van der Waals surface area contributed by atoms with Crippen LogP contribution in [0.5, 0.6) is 0 Å². The average Bonchev–Trinajstić information content (AvgIpc) is 2.22. The van der Waals surface area contributed by atoms with Crippen LogP contribution in [-0.2, 0) is 14.2 Å². The fraction of sp³-hybridized carbons (Fsp3) is 0.625. The molecule has 14 heavy (non-hydrogen) atoms. The first-order valence-corrected chi connectivity index (χ1v) is 5.33. The second kappa shape index (κ2) is 9.11. The van der Waals surface area contributed by atoms with E-state index in [1.54, 1.807) is 17.8 Å². The van der Waals surface area contributed by atoms with Gasteiger partial charge in [-0.2, -0.15) is 11.8 Å². The standard InChI is InChI=1S/C8H15BNO3S/c1-3-4-14-5-7(8(11)12-2)9-13-6-10/h3,7H,1,4-6,10H2,2H3/t7-/m0/s1. The first-order chi connectivity index (χ1) is 6.76. The van der Waals surface area contributed by atoms with E-state index in [4.69, 9.17) is 10.4 Å². The van der Waals surface area contributed by atoms with Gasteiger partial charge in [-0.25, -0.2) is 0 Å². The predicted octanol–water partition coefficient (Wildman–Crippen LogP) is 0.419. The predicted molar refractivity (Wildman–Crippen MR) is 59.2 cm³/mol. The van der Waals surface area contributed by atoms with Gasteiger partial charge in [-0.15, -0.1) is 6.58 Å². The molecule has 0 aliphatic heterocycles. The van der Waals surface area contributed by atoms with Crippen LogP contribution < -0.4 is 5.73 Å². The molecule has 2 N–H and O–H groups in total. The Morgan fingerprint density at radius 3 is 3.00 bits per heavy atom. The number of esters is 1. The van der Waals surface area contributed by atoms with Crippen LogP contribution in [0, 0.1) is 0 Å². The minimum atomic E-state index is -0.367. The molecule has 79 valence electrons. The number of carbonyl (C=O) groups excluding carboxylic acids is 1. The van der Waals surface area contributed by atoms with Crippen molar-refractivity contribution in [2.75, 3.05) is 25.3 Å². The van der Waals surface area contributed by atoms with Crippen LogP contribution in [0.1, 0.15) is 0 Å². The summed E-state index contributed by atoms with van der Waals surface area (Å²) in [7, 11) is 2.77. The molecule has 4 nitrogen and oxygen atoms in total. The summed E-state index contributed by atoms with van der Waals surface area (Å²) in [5, 5.41) is 0. The smallest absolute Gasteiger partial charge is 0.310 e. The molecular weight excluding hydrogens is 201 g/mol. The molecule has 1 radical (unpaired) electrons. The van der Waals surface area contributed by atoms with Crippen molar-refractivity contribution >= 4 is 25.2 Å². The number of nitrogens with two attached hydrogens (primary N) is 1. The van der Waals surface area contributed by atoms with Gasteiger partial charge in [-0.1, -0.05) is 6.08 Å². The summed E-state index contributed by atoms with van der Waals surface area (Å²) in [6.45, 7) is 3.66. The third-order valence-corrected chi connectivity index (χ3v) is 2.46. The third kappa shape index (κ3) is 6.07. The van der Waals surface area contributed by atoms with Crippen molar-refractivity contribution in [3.8, 4) is 0 Å². The number of rotatable bonds is 8. The summed E-state index contributed by atoms with van der Waals surface area (Å²) in [5.41, 5.74) is 5.14. The number of methoxy groups -OCH3 is 1. The largest absolute Gasteiger partial charge is 0.469 e. The molecule has 0 aromatic carbocycles. The monoisotopic (exact) mass is 216 g/mol. The van der Waals surface area contributed by atoms with Crippen molar-refractivity contribution in [3.05, 3.63) is 12.7 Å². The fourth-order valence-electron chi connectivity index (χ4n) is 0.764. The molecule has 0 bridgehead atoms. The maximum Gasteiger partial charge on any atom is 0.310 e. The molecule has 0 unspecified atom stereocenters. The number of thioether (sulfide) groups is 1. The van der Waals surface area contributed by atoms with Crippen molar-refractivity contribution < 1.29 is 14.2 Å². The Kier molecular flexibility index (Phi) is 8.82. The van der Waals surface area contributed by atoms with Gasteiger partial charge in [0.1, 0.15) is 0 Å². The maximum atomic E-state index is 11.2. The van der Waals surface area contributed by atoms with E-state index in [0.29, 0.717) is 5.75 Å². The first-order valence-electron chi connectivity index (χ1n) is 4.17. The Morgan fingerprint density at radius 2 is 2.50 bits per heavy atom. The normalized spacial score (nSPS) is 11.9. The van der Waals surface area contributed by atoms with E-state index in [9.17, 15) is 4.79 Å². The third-order valence-electron chi connectivity index (χ3n) is 1.39. The molecule has 0 heterocycles. The fourth-order valence-corrected chi connectivity index (χ4v) is 1.54. The van der Waals surface area contributed by atoms with Gasteiger partial charge < -0.3 is 15.1 Å². The van der Waals surface area contributed by atoms with Crippen LogP contribution in [0.4, 0.5) is 0 Å². The van der Waals surface area contributed by atoms with Crippen LogP contribution >= 0.6 is 11.8 Å². The lowest BCUT2D eigenvalue weighted by molar-refractivity contribution is -0.140. The highest BCUT2D eigenvalue weighted by Crippen LogP contribution is 2.14. The van der Waals surface area contributed by atoms with Crippen LogP contribution in [-0.4, -0.2) is 38.8 Å². The SMILES string of the molecule is C=CCSC[C@H]([B]OCN)C(=O)OC. The Bertz CT molecular complexity index is 180. The minimum Gasteiger partial charge on any atom is -0.469 e. The van der Waals surface area contributed by atoms with Gasteiger partial charge in [0.2, 0.25) is 0 Å². The summed E-state index contributed by atoms with van der Waals surface area (Å²) in [6.07, 6.45) is 1.78. The summed E-state index contributed by atoms with van der Waals surface area (Å²) < 4.78 is 9.47. The van der Waals surface area contributed by atoms with Gasteiger partial charge in [0.15, 0.2) is 0 Å². The van der Waals surface area contributed by atoms with E-state index in [0.717, 1.165) is 5.75 Å². The first kappa shape index (κ1) is 13.5. The van der Waals surface area contributed by atoms with E-state index < -0.39 is 0 Å². The number of ether oxygens (including phenoxy) is 1. The van der Waals surface area contributed by atoms with Crippen molar-refractivity contribution in [2.45, 2.75) is 5.82 Å². The lowest BCUT2D eigenvalue weighted by atomic mass is 9.82. The Hall–Kier alpha value is -0.455. The zero-order valence-electron chi connectivity index (χ0n) is 8.27. The molecule has 0 rings (SSSR count). The van der Waals surface area contributed by atoms with Gasteiger partial charge in [0.25, 0.3) is 0 Å². The van der Waals surface area contributed by atoms with Gasteiger partial charge in [-0.3, -0.25) is 4.79 Å². The molecule has 0 fully saturated rings. The van der Waals surface area contributed by atoms with Crippen LogP contribution in [0.3, 0.4) is 0 Å². The topological polar surface area (TPSA) is 61.5 Å². The van der Waals surface area contributed by atoms with Gasteiger partial charge >= 0.3 is 13.5 Å². The lowest BCUT2D eigenvalue weighted by Gasteiger charge is -2.11. The van der Waals surface area contributed by atoms with Gasteiger partial charge in [-0.05, 0) is 0 Å². The zero-order valence-corrected chi connectivity index (χ0v) is 9.09. The molecule has 0 spiro atoms. The summed E-state index contributed by atoms with van der Waals surface area (Å²) in [4.78, 5) is 11.2. The number of hydrogen-bond donors (Lipinski definition) is 1. The van der Waals surface area contributed by atoms with Gasteiger partial charge in [0, 0.05) is 11.5 Å². The quantitative estimate of drug-likeness (QED) is 0.209. The van der Waals surface area contributed by atoms with E-state index in [1.807, 2.05) is 0 Å². The second-order valence-electron chi connectivity index (χ2n) is 2.43. The zero-order chi connectivity index (χ0) is 10.8. The summed E-state index contributed by atoms with van der Waals surface area (Å²) in [6, 6.07) is 0. The van der Waals surface area contributed by atoms with E-state index in [2.05, 4.69) is 11.3 Å². The number of hydrogen-bond acceptors (Lipinski definition) is 5. The molecular formula is C8H15BNO3S. The second-order valence-corrected chi connectivity index (χ2v) is 3.50. The van der Waals surface area contributed by atoms with E-state index >= 15 is 0 Å². The summed E-state index contributed by atoms with van der Waals surface area (Å²) in [5.74, 6) is 0.728. The molecule has 0 aromatic rings. The Labute approximate surface area is 89.5 Å². The maximum absolute atomic E-state index is 11.2. The van der Waals surface area contributed by atoms with Crippen LogP contribution in [0.2, 0.25) is 5.82 Å². The molecule has 0 aliphatic carbocycles. The molecule has 0 aromatic heterocycles. The van der Waals surface area contributed by atoms with Crippen molar-refractivity contribution in [3.63, 3.8) is 0 Å². The average molecular weight is 216 g/mol. The van der Waals surface area contributed by atoms with E-state index in [1.165, 1.54) is 14.6 Å². The minimum absolute atomic E-state index is 0.0691. The van der Waals surface area contributed by atoms with Crippen LogP contribution in [0.25, 0.3) is 0 Å². The highest BCUT2D eigenvalue weighted by molar-refractivity contribution is 7.99. The van der Waals surface area contributed by atoms with Crippen molar-refractivity contribution in [1.82, 2.24) is 0 Å². The van der Waals surface area contributed by atoms with Gasteiger partial charge in [0.05, 0.1) is 19.7 Å². The highest BCUT2D eigenvalue weighted by atomic mass is 32.2.